The van der Waals surface area contributed by atoms with E-state index in [4.69, 9.17) is 0 Å². The third-order valence-electron chi connectivity index (χ3n) is 3.94. The van der Waals surface area contributed by atoms with Gasteiger partial charge in [0.1, 0.15) is 0 Å². The van der Waals surface area contributed by atoms with E-state index in [9.17, 15) is 0 Å². The summed E-state index contributed by atoms with van der Waals surface area (Å²) < 4.78 is 4.54. The number of fused-ring (bicyclic) bond motifs is 1. The summed E-state index contributed by atoms with van der Waals surface area (Å²) in [6, 6.07) is 15.8. The molecule has 0 saturated carbocycles. The van der Waals surface area contributed by atoms with E-state index in [1.807, 2.05) is 6.92 Å². The van der Waals surface area contributed by atoms with Crippen LogP contribution in [-0.2, 0) is 24.0 Å². The first-order chi connectivity index (χ1) is 10.2. The van der Waals surface area contributed by atoms with Gasteiger partial charge in [-0.3, -0.25) is 0 Å². The molecule has 3 rings (SSSR count). The van der Waals surface area contributed by atoms with Crippen molar-refractivity contribution in [1.82, 2.24) is 0 Å². The fourth-order valence-electron chi connectivity index (χ4n) is 2.79. The second kappa shape index (κ2) is 7.99. The second-order valence-electron chi connectivity index (χ2n) is 5.70. The molecule has 0 N–H and O–H groups in total. The number of ether oxygens (including phenoxy) is 1. The van der Waals surface area contributed by atoms with Crippen molar-refractivity contribution in [2.75, 3.05) is 13.7 Å². The zero-order chi connectivity index (χ0) is 15.1. The molecule has 2 aromatic carbocycles. The molecular weight excluding hydrogens is 256 g/mol. The molecule has 0 heterocycles. The zero-order valence-corrected chi connectivity index (χ0v) is 13.5. The quantitative estimate of drug-likeness (QED) is 0.791. The number of methoxy groups -OCH3 is 1. The maximum atomic E-state index is 4.54. The molecule has 0 atom stereocenters. The van der Waals surface area contributed by atoms with Gasteiger partial charge >= 0.3 is 0 Å². The molecule has 0 aliphatic heterocycles. The van der Waals surface area contributed by atoms with E-state index < -0.39 is 0 Å². The molecule has 1 aliphatic rings. The summed E-state index contributed by atoms with van der Waals surface area (Å²) in [5.74, 6) is 0. The van der Waals surface area contributed by atoms with Crippen molar-refractivity contribution < 1.29 is 4.74 Å². The summed E-state index contributed by atoms with van der Waals surface area (Å²) in [6.45, 7) is 4.94. The van der Waals surface area contributed by atoms with Crippen LogP contribution in [0.2, 0.25) is 0 Å². The van der Waals surface area contributed by atoms with Gasteiger partial charge in [0.05, 0.1) is 0 Å². The van der Waals surface area contributed by atoms with Crippen molar-refractivity contribution in [2.45, 2.75) is 39.5 Å². The Bertz CT molecular complexity index is 570. The van der Waals surface area contributed by atoms with E-state index in [2.05, 4.69) is 54.1 Å². The Morgan fingerprint density at radius 3 is 2.38 bits per heavy atom. The third kappa shape index (κ3) is 4.71. The number of rotatable bonds is 3. The Labute approximate surface area is 129 Å². The molecule has 1 heteroatoms. The minimum atomic E-state index is 0.819. The van der Waals surface area contributed by atoms with Crippen LogP contribution in [0.4, 0.5) is 0 Å². The summed E-state index contributed by atoms with van der Waals surface area (Å²) in [5.41, 5.74) is 7.37. The first kappa shape index (κ1) is 15.8. The average Bonchev–Trinajstić information content (AvgIpc) is 2.95. The summed E-state index contributed by atoms with van der Waals surface area (Å²) >= 11 is 0. The molecule has 0 amide bonds. The molecular formula is C20H26O. The Morgan fingerprint density at radius 2 is 1.67 bits per heavy atom. The molecule has 21 heavy (non-hydrogen) atoms. The summed E-state index contributed by atoms with van der Waals surface area (Å²) in [5, 5.41) is 0. The van der Waals surface area contributed by atoms with E-state index in [1.165, 1.54) is 36.0 Å². The van der Waals surface area contributed by atoms with Crippen LogP contribution in [0.1, 0.15) is 41.2 Å². The SMILES string of the molecule is CCOC.Cc1cccc(Cc2ccc3c(c2)CCC3)c1. The van der Waals surface area contributed by atoms with Gasteiger partial charge in [-0.05, 0) is 61.8 Å². The van der Waals surface area contributed by atoms with Gasteiger partial charge in [0.25, 0.3) is 0 Å². The fraction of sp³-hybridized carbons (Fsp3) is 0.400. The van der Waals surface area contributed by atoms with E-state index in [0.29, 0.717) is 0 Å². The normalized spacial score (nSPS) is 12.5. The standard InChI is InChI=1S/C17H18.C3H8O/c1-13-4-2-5-14(10-13)11-15-8-9-16-6-3-7-17(16)12-15;1-3-4-2/h2,4-5,8-10,12H,3,6-7,11H2,1H3;3H2,1-2H3. The average molecular weight is 282 g/mol. The van der Waals surface area contributed by atoms with Crippen molar-refractivity contribution in [3.8, 4) is 0 Å². The molecule has 0 saturated heterocycles. The lowest BCUT2D eigenvalue weighted by Gasteiger charge is -2.06. The van der Waals surface area contributed by atoms with Crippen molar-refractivity contribution in [1.29, 1.82) is 0 Å². The number of benzene rings is 2. The molecule has 0 spiro atoms. The van der Waals surface area contributed by atoms with Gasteiger partial charge in [-0.1, -0.05) is 48.0 Å². The molecule has 2 aromatic rings. The predicted octanol–water partition coefficient (Wildman–Crippen LogP) is 4.73. The van der Waals surface area contributed by atoms with Crippen LogP contribution in [0.5, 0.6) is 0 Å². The largest absolute Gasteiger partial charge is 0.385 e. The number of aryl methyl sites for hydroxylation is 3. The van der Waals surface area contributed by atoms with Crippen LogP contribution in [0, 0.1) is 6.92 Å². The van der Waals surface area contributed by atoms with Gasteiger partial charge < -0.3 is 4.74 Å². The van der Waals surface area contributed by atoms with Crippen molar-refractivity contribution in [3.05, 3.63) is 70.3 Å². The van der Waals surface area contributed by atoms with E-state index in [-0.39, 0.29) is 0 Å². The Kier molecular flexibility index (Phi) is 6.01. The highest BCUT2D eigenvalue weighted by Crippen LogP contribution is 2.24. The van der Waals surface area contributed by atoms with Crippen LogP contribution >= 0.6 is 0 Å². The van der Waals surface area contributed by atoms with Crippen LogP contribution in [0.15, 0.2) is 42.5 Å². The Morgan fingerprint density at radius 1 is 0.952 bits per heavy atom. The molecule has 0 unspecified atom stereocenters. The molecule has 0 radical (unpaired) electrons. The lowest BCUT2D eigenvalue weighted by molar-refractivity contribution is 0.215. The minimum Gasteiger partial charge on any atom is -0.385 e. The minimum absolute atomic E-state index is 0.819. The first-order valence-corrected chi connectivity index (χ1v) is 7.88. The highest BCUT2D eigenvalue weighted by Gasteiger charge is 2.10. The second-order valence-corrected chi connectivity index (χ2v) is 5.70. The first-order valence-electron chi connectivity index (χ1n) is 7.88. The highest BCUT2D eigenvalue weighted by molar-refractivity contribution is 5.37. The summed E-state index contributed by atoms with van der Waals surface area (Å²) in [6.07, 6.45) is 4.95. The fourth-order valence-corrected chi connectivity index (χ4v) is 2.79. The smallest absolute Gasteiger partial charge is 0.0433 e. The topological polar surface area (TPSA) is 9.23 Å². The van der Waals surface area contributed by atoms with Gasteiger partial charge in [0.2, 0.25) is 0 Å². The van der Waals surface area contributed by atoms with E-state index >= 15 is 0 Å². The zero-order valence-electron chi connectivity index (χ0n) is 13.5. The van der Waals surface area contributed by atoms with Crippen molar-refractivity contribution in [2.24, 2.45) is 0 Å². The third-order valence-corrected chi connectivity index (χ3v) is 3.94. The number of hydrogen-bond acceptors (Lipinski definition) is 1. The van der Waals surface area contributed by atoms with Gasteiger partial charge in [-0.15, -0.1) is 0 Å². The molecule has 0 aromatic heterocycles. The van der Waals surface area contributed by atoms with Crippen LogP contribution in [-0.4, -0.2) is 13.7 Å². The number of hydrogen-bond donors (Lipinski definition) is 0. The van der Waals surface area contributed by atoms with Crippen LogP contribution in [0.25, 0.3) is 0 Å². The molecule has 0 bridgehead atoms. The van der Waals surface area contributed by atoms with Crippen molar-refractivity contribution >= 4 is 0 Å². The van der Waals surface area contributed by atoms with Crippen LogP contribution in [0.3, 0.4) is 0 Å². The van der Waals surface area contributed by atoms with Gasteiger partial charge in [0.15, 0.2) is 0 Å². The summed E-state index contributed by atoms with van der Waals surface area (Å²) in [4.78, 5) is 0. The van der Waals surface area contributed by atoms with Crippen LogP contribution < -0.4 is 0 Å². The Balaban J connectivity index is 0.000000361. The predicted molar refractivity (Wildman–Crippen MR) is 90.0 cm³/mol. The summed E-state index contributed by atoms with van der Waals surface area (Å²) in [7, 11) is 1.68. The van der Waals surface area contributed by atoms with Gasteiger partial charge in [-0.25, -0.2) is 0 Å². The van der Waals surface area contributed by atoms with E-state index in [0.717, 1.165) is 13.0 Å². The highest BCUT2D eigenvalue weighted by atomic mass is 16.5. The van der Waals surface area contributed by atoms with Gasteiger partial charge in [-0.2, -0.15) is 0 Å². The lowest BCUT2D eigenvalue weighted by atomic mass is 10.00. The maximum absolute atomic E-state index is 4.54. The molecule has 1 aliphatic carbocycles. The molecule has 0 fully saturated rings. The monoisotopic (exact) mass is 282 g/mol. The van der Waals surface area contributed by atoms with E-state index in [1.54, 1.807) is 18.2 Å². The molecule has 1 nitrogen and oxygen atoms in total. The van der Waals surface area contributed by atoms with Gasteiger partial charge in [0, 0.05) is 13.7 Å². The van der Waals surface area contributed by atoms with Crippen molar-refractivity contribution in [3.63, 3.8) is 0 Å². The Hall–Kier alpha value is -1.60. The molecule has 112 valence electrons. The maximum Gasteiger partial charge on any atom is 0.0433 e. The lowest BCUT2D eigenvalue weighted by Crippen LogP contribution is -1.91.